The van der Waals surface area contributed by atoms with Crippen LogP contribution in [0.3, 0.4) is 0 Å². The molecule has 0 atom stereocenters. The number of hydrogen-bond acceptors (Lipinski definition) is 4. The molecular weight excluding hydrogens is 398 g/mol. The van der Waals surface area contributed by atoms with Crippen molar-refractivity contribution in [3.8, 4) is 0 Å². The van der Waals surface area contributed by atoms with Gasteiger partial charge in [0.25, 0.3) is 0 Å². The number of carbonyl (C=O) groups excluding carboxylic acids is 1. The minimum absolute atomic E-state index is 0.105. The van der Waals surface area contributed by atoms with Crippen molar-refractivity contribution in [2.45, 2.75) is 31.8 Å². The van der Waals surface area contributed by atoms with Gasteiger partial charge in [-0.1, -0.05) is 53.6 Å². The predicted octanol–water partition coefficient (Wildman–Crippen LogP) is 3.21. The summed E-state index contributed by atoms with van der Waals surface area (Å²) in [6.07, 6.45) is 1.65. The lowest BCUT2D eigenvalue weighted by atomic mass is 10.1. The number of rotatable bonds is 8. The molecule has 0 saturated carbocycles. The Morgan fingerprint density at radius 3 is 2.17 bits per heavy atom. The number of sulfonamides is 1. The summed E-state index contributed by atoms with van der Waals surface area (Å²) in [5.74, 6) is -0.386. The third-order valence-electron chi connectivity index (χ3n) is 4.65. The molecule has 0 radical (unpaired) electrons. The zero-order chi connectivity index (χ0) is 21.6. The number of hydrogen-bond donors (Lipinski definition) is 1. The van der Waals surface area contributed by atoms with E-state index in [4.69, 9.17) is 0 Å². The highest BCUT2D eigenvalue weighted by Crippen LogP contribution is 2.19. The number of aryl methyl sites for hydroxylation is 2. The van der Waals surface area contributed by atoms with Crippen LogP contribution in [0.4, 0.5) is 0 Å². The van der Waals surface area contributed by atoms with E-state index in [0.717, 1.165) is 16.7 Å². The molecule has 6 nitrogen and oxygen atoms in total. The Bertz CT molecular complexity index is 1080. The van der Waals surface area contributed by atoms with Gasteiger partial charge in [-0.3, -0.25) is 9.78 Å². The molecular formula is C23H25N3O3S. The van der Waals surface area contributed by atoms with Crippen molar-refractivity contribution in [3.05, 3.63) is 95.3 Å². The fraction of sp³-hybridized carbons (Fsp3) is 0.217. The van der Waals surface area contributed by atoms with E-state index in [1.54, 1.807) is 42.6 Å². The second-order valence-electron chi connectivity index (χ2n) is 7.17. The van der Waals surface area contributed by atoms with Crippen molar-refractivity contribution in [1.29, 1.82) is 0 Å². The van der Waals surface area contributed by atoms with Gasteiger partial charge in [-0.15, -0.1) is 0 Å². The van der Waals surface area contributed by atoms with Gasteiger partial charge in [-0.25, -0.2) is 8.42 Å². The Hall–Kier alpha value is -3.03. The van der Waals surface area contributed by atoms with Crippen molar-refractivity contribution in [3.63, 3.8) is 0 Å². The highest BCUT2D eigenvalue weighted by Gasteiger charge is 2.27. The van der Waals surface area contributed by atoms with E-state index in [2.05, 4.69) is 10.3 Å². The molecule has 0 spiro atoms. The van der Waals surface area contributed by atoms with Crippen molar-refractivity contribution in [1.82, 2.24) is 14.6 Å². The van der Waals surface area contributed by atoms with E-state index in [9.17, 15) is 13.2 Å². The second-order valence-corrected chi connectivity index (χ2v) is 9.11. The molecule has 1 heterocycles. The SMILES string of the molecule is Cc1ccc(CN(CC(=O)NCc2ccccn2)S(=O)(=O)c2ccc(C)cc2)cc1. The van der Waals surface area contributed by atoms with Gasteiger partial charge in [0.15, 0.2) is 0 Å². The Morgan fingerprint density at radius 2 is 1.57 bits per heavy atom. The molecule has 1 amide bonds. The van der Waals surface area contributed by atoms with Crippen LogP contribution in [0, 0.1) is 13.8 Å². The predicted molar refractivity (Wildman–Crippen MR) is 116 cm³/mol. The zero-order valence-electron chi connectivity index (χ0n) is 17.1. The maximum Gasteiger partial charge on any atom is 0.243 e. The van der Waals surface area contributed by atoms with Crippen molar-refractivity contribution in [2.24, 2.45) is 0 Å². The molecule has 0 bridgehead atoms. The first kappa shape index (κ1) is 21.7. The quantitative estimate of drug-likeness (QED) is 0.603. The fourth-order valence-electron chi connectivity index (χ4n) is 2.89. The maximum absolute atomic E-state index is 13.3. The summed E-state index contributed by atoms with van der Waals surface area (Å²) in [6, 6.07) is 19.7. The molecule has 156 valence electrons. The Balaban J connectivity index is 1.80. The summed E-state index contributed by atoms with van der Waals surface area (Å²) in [7, 11) is -3.85. The van der Waals surface area contributed by atoms with Crippen molar-refractivity contribution >= 4 is 15.9 Å². The minimum Gasteiger partial charge on any atom is -0.349 e. The topological polar surface area (TPSA) is 79.4 Å². The summed E-state index contributed by atoms with van der Waals surface area (Å²) in [4.78, 5) is 16.9. The van der Waals surface area contributed by atoms with Gasteiger partial charge in [0.05, 0.1) is 23.7 Å². The van der Waals surface area contributed by atoms with Crippen molar-refractivity contribution < 1.29 is 13.2 Å². The standard InChI is InChI=1S/C23H25N3O3S/c1-18-6-10-20(11-7-18)16-26(30(28,29)22-12-8-19(2)9-13-22)17-23(27)25-15-21-5-3-4-14-24-21/h3-14H,15-17H2,1-2H3,(H,25,27). The van der Waals surface area contributed by atoms with Gasteiger partial charge >= 0.3 is 0 Å². The molecule has 1 N–H and O–H groups in total. The van der Waals surface area contributed by atoms with Crippen LogP contribution >= 0.6 is 0 Å². The monoisotopic (exact) mass is 423 g/mol. The summed E-state index contributed by atoms with van der Waals surface area (Å²) in [5, 5.41) is 2.75. The fourth-order valence-corrected chi connectivity index (χ4v) is 4.27. The Labute approximate surface area is 177 Å². The van der Waals surface area contributed by atoms with Gasteiger partial charge in [0, 0.05) is 12.7 Å². The van der Waals surface area contributed by atoms with E-state index in [1.807, 2.05) is 44.2 Å². The first-order valence-electron chi connectivity index (χ1n) is 9.63. The first-order valence-corrected chi connectivity index (χ1v) is 11.1. The third kappa shape index (κ3) is 5.75. The molecule has 0 saturated heterocycles. The van der Waals surface area contributed by atoms with Gasteiger partial charge in [-0.05, 0) is 43.7 Å². The minimum atomic E-state index is -3.85. The lowest BCUT2D eigenvalue weighted by Crippen LogP contribution is -2.40. The average molecular weight is 424 g/mol. The lowest BCUT2D eigenvalue weighted by Gasteiger charge is -2.22. The van der Waals surface area contributed by atoms with Gasteiger partial charge < -0.3 is 5.32 Å². The summed E-state index contributed by atoms with van der Waals surface area (Å²) < 4.78 is 27.7. The number of pyridine rings is 1. The summed E-state index contributed by atoms with van der Waals surface area (Å²) in [5.41, 5.74) is 3.57. The number of aromatic nitrogens is 1. The van der Waals surface area contributed by atoms with Crippen LogP contribution in [0.1, 0.15) is 22.4 Å². The zero-order valence-corrected chi connectivity index (χ0v) is 17.9. The first-order chi connectivity index (χ1) is 14.3. The van der Waals surface area contributed by atoms with E-state index in [-0.39, 0.29) is 30.4 Å². The smallest absolute Gasteiger partial charge is 0.243 e. The van der Waals surface area contributed by atoms with Gasteiger partial charge in [0.1, 0.15) is 0 Å². The second kappa shape index (κ2) is 9.65. The summed E-state index contributed by atoms with van der Waals surface area (Å²) >= 11 is 0. The molecule has 2 aromatic carbocycles. The third-order valence-corrected chi connectivity index (χ3v) is 6.46. The van der Waals surface area contributed by atoms with E-state index >= 15 is 0 Å². The lowest BCUT2D eigenvalue weighted by molar-refractivity contribution is -0.121. The molecule has 1 aromatic heterocycles. The highest BCUT2D eigenvalue weighted by molar-refractivity contribution is 7.89. The van der Waals surface area contributed by atoms with Crippen LogP contribution in [0.25, 0.3) is 0 Å². The van der Waals surface area contributed by atoms with Crippen LogP contribution in [0.2, 0.25) is 0 Å². The number of amides is 1. The van der Waals surface area contributed by atoms with Crippen LogP contribution in [0.15, 0.2) is 77.8 Å². The van der Waals surface area contributed by atoms with E-state index < -0.39 is 10.0 Å². The molecule has 0 fully saturated rings. The normalized spacial score (nSPS) is 11.4. The van der Waals surface area contributed by atoms with Crippen LogP contribution in [0.5, 0.6) is 0 Å². The molecule has 0 aliphatic carbocycles. The molecule has 3 aromatic rings. The van der Waals surface area contributed by atoms with Gasteiger partial charge in [-0.2, -0.15) is 4.31 Å². The molecule has 0 aliphatic heterocycles. The molecule has 0 aliphatic rings. The van der Waals surface area contributed by atoms with Crippen LogP contribution < -0.4 is 5.32 Å². The molecule has 30 heavy (non-hydrogen) atoms. The average Bonchev–Trinajstić information content (AvgIpc) is 2.74. The van der Waals surface area contributed by atoms with Gasteiger partial charge in [0.2, 0.25) is 15.9 Å². The van der Waals surface area contributed by atoms with Crippen LogP contribution in [-0.2, 0) is 27.9 Å². The number of nitrogens with one attached hydrogen (secondary N) is 1. The number of benzene rings is 2. The molecule has 7 heteroatoms. The largest absolute Gasteiger partial charge is 0.349 e. The van der Waals surface area contributed by atoms with E-state index in [1.165, 1.54) is 4.31 Å². The maximum atomic E-state index is 13.3. The Kier molecular flexibility index (Phi) is 6.97. The molecule has 3 rings (SSSR count). The summed E-state index contributed by atoms with van der Waals surface area (Å²) in [6.45, 7) is 3.92. The number of nitrogens with zero attached hydrogens (tertiary/aromatic N) is 2. The highest BCUT2D eigenvalue weighted by atomic mass is 32.2. The van der Waals surface area contributed by atoms with E-state index in [0.29, 0.717) is 5.69 Å². The number of carbonyl (C=O) groups is 1. The van der Waals surface area contributed by atoms with Crippen LogP contribution in [-0.4, -0.2) is 30.2 Å². The van der Waals surface area contributed by atoms with Crippen molar-refractivity contribution in [2.75, 3.05) is 6.54 Å². The molecule has 0 unspecified atom stereocenters. The Morgan fingerprint density at radius 1 is 0.933 bits per heavy atom.